The minimum absolute atomic E-state index is 0.00765. The van der Waals surface area contributed by atoms with Gasteiger partial charge in [0.2, 0.25) is 5.91 Å². The van der Waals surface area contributed by atoms with Crippen molar-refractivity contribution in [2.24, 2.45) is 0 Å². The minimum Gasteiger partial charge on any atom is -0.455 e. The Balaban J connectivity index is 1.59. The Hall–Kier alpha value is -2.72. The maximum atomic E-state index is 11.9. The summed E-state index contributed by atoms with van der Waals surface area (Å²) in [6, 6.07) is 13.7. The fourth-order valence-corrected chi connectivity index (χ4v) is 2.73. The summed E-state index contributed by atoms with van der Waals surface area (Å²) < 4.78 is 6.55. The van der Waals surface area contributed by atoms with Crippen molar-refractivity contribution in [2.75, 3.05) is 11.9 Å². The summed E-state index contributed by atoms with van der Waals surface area (Å²) in [7, 11) is 0. The third kappa shape index (κ3) is 8.75. The molecule has 0 bridgehead atoms. The van der Waals surface area contributed by atoms with E-state index in [1.807, 2.05) is 0 Å². The van der Waals surface area contributed by atoms with Gasteiger partial charge in [0, 0.05) is 33.0 Å². The largest absolute Gasteiger partial charge is 0.455 e. The van der Waals surface area contributed by atoms with E-state index in [0.717, 1.165) is 8.95 Å². The third-order valence-electron chi connectivity index (χ3n) is 3.70. The zero-order valence-corrected chi connectivity index (χ0v) is 18.9. The maximum absolute atomic E-state index is 11.9. The van der Waals surface area contributed by atoms with Gasteiger partial charge in [0.05, 0.1) is 0 Å². The number of anilines is 1. The number of carbonyl (C=O) groups is 4. The van der Waals surface area contributed by atoms with Crippen molar-refractivity contribution in [3.8, 4) is 0 Å². The van der Waals surface area contributed by atoms with Crippen LogP contribution in [0.15, 0.2) is 57.5 Å². The molecule has 0 saturated heterocycles. The van der Waals surface area contributed by atoms with Crippen LogP contribution in [0, 0.1) is 0 Å². The molecule has 2 aromatic carbocycles. The lowest BCUT2D eigenvalue weighted by Crippen LogP contribution is -2.43. The van der Waals surface area contributed by atoms with Gasteiger partial charge in [0.1, 0.15) is 0 Å². The van der Waals surface area contributed by atoms with Crippen LogP contribution in [-0.4, -0.2) is 30.3 Å². The Bertz CT molecular complexity index is 902. The molecule has 0 atom stereocenters. The van der Waals surface area contributed by atoms with E-state index in [1.165, 1.54) is 0 Å². The Morgan fingerprint density at radius 2 is 1.37 bits per heavy atom. The van der Waals surface area contributed by atoms with Crippen molar-refractivity contribution < 1.29 is 23.9 Å². The predicted octanol–water partition coefficient (Wildman–Crippen LogP) is 3.32. The monoisotopic (exact) mass is 539 g/mol. The molecular formula is C20H19Br2N3O5. The number of amides is 3. The average Bonchev–Trinajstić information content (AvgIpc) is 2.72. The Kier molecular flexibility index (Phi) is 9.49. The number of benzene rings is 2. The van der Waals surface area contributed by atoms with Gasteiger partial charge in [-0.15, -0.1) is 0 Å². The van der Waals surface area contributed by atoms with Crippen LogP contribution < -0.4 is 16.2 Å². The summed E-state index contributed by atoms with van der Waals surface area (Å²) in [5.74, 6) is -2.01. The molecule has 0 heterocycles. The highest BCUT2D eigenvalue weighted by atomic mass is 79.9. The second kappa shape index (κ2) is 12.1. The van der Waals surface area contributed by atoms with E-state index in [2.05, 4.69) is 48.0 Å². The number of hydrazine groups is 1. The lowest BCUT2D eigenvalue weighted by Gasteiger charge is -2.08. The quantitative estimate of drug-likeness (QED) is 0.351. The summed E-state index contributed by atoms with van der Waals surface area (Å²) >= 11 is 6.57. The van der Waals surface area contributed by atoms with Gasteiger partial charge in [-0.2, -0.15) is 0 Å². The van der Waals surface area contributed by atoms with Gasteiger partial charge in [-0.05, 0) is 55.0 Å². The van der Waals surface area contributed by atoms with Gasteiger partial charge in [0.25, 0.3) is 11.8 Å². The van der Waals surface area contributed by atoms with Gasteiger partial charge < -0.3 is 10.1 Å². The highest BCUT2D eigenvalue weighted by Crippen LogP contribution is 2.14. The van der Waals surface area contributed by atoms with Crippen LogP contribution in [0.3, 0.4) is 0 Å². The molecule has 0 aromatic heterocycles. The number of hydrogen-bond donors (Lipinski definition) is 3. The first-order chi connectivity index (χ1) is 14.3. The van der Waals surface area contributed by atoms with Crippen molar-refractivity contribution in [3.63, 3.8) is 0 Å². The van der Waals surface area contributed by atoms with Crippen LogP contribution in [0.2, 0.25) is 0 Å². The molecule has 10 heteroatoms. The summed E-state index contributed by atoms with van der Waals surface area (Å²) in [6.45, 7) is -0.537. The van der Waals surface area contributed by atoms with Gasteiger partial charge in [-0.1, -0.05) is 31.9 Å². The van der Waals surface area contributed by atoms with Crippen molar-refractivity contribution in [2.45, 2.75) is 19.3 Å². The molecule has 8 nitrogen and oxygen atoms in total. The van der Waals surface area contributed by atoms with Crippen LogP contribution in [0.1, 0.15) is 29.6 Å². The molecule has 0 aliphatic heterocycles. The number of ether oxygens (including phenoxy) is 1. The van der Waals surface area contributed by atoms with E-state index >= 15 is 0 Å². The highest BCUT2D eigenvalue weighted by Gasteiger charge is 2.11. The first-order valence-corrected chi connectivity index (χ1v) is 10.5. The zero-order chi connectivity index (χ0) is 21.9. The number of halogens is 2. The lowest BCUT2D eigenvalue weighted by atomic mass is 10.2. The summed E-state index contributed by atoms with van der Waals surface area (Å²) in [6.07, 6.45) is 0.413. The van der Waals surface area contributed by atoms with Gasteiger partial charge in [0.15, 0.2) is 6.61 Å². The first kappa shape index (κ1) is 23.6. The third-order valence-corrected chi connectivity index (χ3v) is 4.76. The minimum atomic E-state index is -0.679. The van der Waals surface area contributed by atoms with E-state index in [4.69, 9.17) is 4.74 Å². The SMILES string of the molecule is O=C(COC(=O)CCCC(=O)Nc1ccc(Br)cc1)NNC(=O)c1ccc(Br)cc1. The molecule has 0 aliphatic rings. The van der Waals surface area contributed by atoms with Crippen molar-refractivity contribution in [3.05, 3.63) is 63.0 Å². The van der Waals surface area contributed by atoms with Crippen LogP contribution in [0.5, 0.6) is 0 Å². The van der Waals surface area contributed by atoms with Crippen molar-refractivity contribution in [1.82, 2.24) is 10.9 Å². The molecule has 2 aromatic rings. The molecule has 0 saturated carbocycles. The second-order valence-electron chi connectivity index (χ2n) is 6.08. The highest BCUT2D eigenvalue weighted by molar-refractivity contribution is 9.10. The number of esters is 1. The maximum Gasteiger partial charge on any atom is 0.306 e. The number of carbonyl (C=O) groups excluding carboxylic acids is 4. The molecule has 3 N–H and O–H groups in total. The van der Waals surface area contributed by atoms with E-state index in [9.17, 15) is 19.2 Å². The molecule has 3 amide bonds. The van der Waals surface area contributed by atoms with Crippen LogP contribution in [0.25, 0.3) is 0 Å². The smallest absolute Gasteiger partial charge is 0.306 e. The van der Waals surface area contributed by atoms with Crippen molar-refractivity contribution >= 4 is 61.2 Å². The molecule has 0 fully saturated rings. The number of nitrogens with one attached hydrogen (secondary N) is 3. The van der Waals surface area contributed by atoms with Crippen LogP contribution in [0.4, 0.5) is 5.69 Å². The molecule has 0 radical (unpaired) electrons. The zero-order valence-electron chi connectivity index (χ0n) is 15.7. The van der Waals surface area contributed by atoms with E-state index in [-0.39, 0.29) is 25.2 Å². The molecule has 2 rings (SSSR count). The van der Waals surface area contributed by atoms with Gasteiger partial charge in [-0.25, -0.2) is 0 Å². The summed E-state index contributed by atoms with van der Waals surface area (Å²) in [5.41, 5.74) is 5.41. The fraction of sp³-hybridized carbons (Fsp3) is 0.200. The first-order valence-electron chi connectivity index (χ1n) is 8.89. The van der Waals surface area contributed by atoms with Gasteiger partial charge >= 0.3 is 5.97 Å². The van der Waals surface area contributed by atoms with Crippen LogP contribution in [-0.2, 0) is 19.1 Å². The molecule has 158 valence electrons. The Labute approximate surface area is 190 Å². The van der Waals surface area contributed by atoms with E-state index in [0.29, 0.717) is 11.3 Å². The Morgan fingerprint density at radius 1 is 0.767 bits per heavy atom. The summed E-state index contributed by atoms with van der Waals surface area (Å²) in [4.78, 5) is 47.1. The second-order valence-corrected chi connectivity index (χ2v) is 7.91. The van der Waals surface area contributed by atoms with E-state index < -0.39 is 24.4 Å². The summed E-state index contributed by atoms with van der Waals surface area (Å²) in [5, 5.41) is 2.72. The molecule has 0 spiro atoms. The fourth-order valence-electron chi connectivity index (χ4n) is 2.20. The Morgan fingerprint density at radius 3 is 2.00 bits per heavy atom. The molecule has 0 unspecified atom stereocenters. The molecule has 30 heavy (non-hydrogen) atoms. The number of rotatable bonds is 8. The van der Waals surface area contributed by atoms with Crippen molar-refractivity contribution in [1.29, 1.82) is 0 Å². The standard InChI is InChI=1S/C20H19Br2N3O5/c21-14-6-4-13(5-7-14)20(29)25-24-18(27)12-30-19(28)3-1-2-17(26)23-16-10-8-15(22)9-11-16/h4-11H,1-3,12H2,(H,23,26)(H,24,27)(H,25,29). The lowest BCUT2D eigenvalue weighted by molar-refractivity contribution is -0.148. The molecule has 0 aliphatic carbocycles. The topological polar surface area (TPSA) is 114 Å². The number of hydrogen-bond acceptors (Lipinski definition) is 5. The van der Waals surface area contributed by atoms with Crippen LogP contribution >= 0.6 is 31.9 Å². The normalized spacial score (nSPS) is 10.1. The predicted molar refractivity (Wildman–Crippen MR) is 117 cm³/mol. The molecular weight excluding hydrogens is 522 g/mol. The average molecular weight is 541 g/mol. The van der Waals surface area contributed by atoms with E-state index in [1.54, 1.807) is 48.5 Å². The van der Waals surface area contributed by atoms with Gasteiger partial charge in [-0.3, -0.25) is 30.0 Å².